The van der Waals surface area contributed by atoms with Crippen LogP contribution in [0.5, 0.6) is 0 Å². The second-order valence-electron chi connectivity index (χ2n) is 3.50. The van der Waals surface area contributed by atoms with Crippen LogP contribution in [-0.4, -0.2) is 20.7 Å². The summed E-state index contributed by atoms with van der Waals surface area (Å²) in [6, 6.07) is 0. The van der Waals surface area contributed by atoms with E-state index in [0.717, 1.165) is 6.42 Å². The van der Waals surface area contributed by atoms with E-state index in [0.29, 0.717) is 11.8 Å². The molecule has 0 spiro atoms. The molecule has 0 amide bonds. The Kier molecular flexibility index (Phi) is 6.21. The van der Waals surface area contributed by atoms with E-state index >= 15 is 0 Å². The van der Waals surface area contributed by atoms with Gasteiger partial charge in [0.2, 0.25) is 0 Å². The van der Waals surface area contributed by atoms with Gasteiger partial charge in [0.15, 0.2) is 0 Å². The van der Waals surface area contributed by atoms with Crippen LogP contribution in [0.15, 0.2) is 0 Å². The largest absolute Gasteiger partial charge is 0.480 e. The molecule has 1 N–H and O–H groups in total. The SMILES string of the molecule is CCC(C(C)C)C(Br)C(Br)C(=O)O. The molecule has 0 aliphatic heterocycles. The Morgan fingerprint density at radius 2 is 1.85 bits per heavy atom. The van der Waals surface area contributed by atoms with Gasteiger partial charge < -0.3 is 5.11 Å². The minimum absolute atomic E-state index is 0.00463. The zero-order valence-electron chi connectivity index (χ0n) is 8.13. The molecule has 0 aromatic carbocycles. The molecule has 0 saturated heterocycles. The summed E-state index contributed by atoms with van der Waals surface area (Å²) in [7, 11) is 0. The number of alkyl halides is 2. The summed E-state index contributed by atoms with van der Waals surface area (Å²) in [5.41, 5.74) is 0. The molecule has 13 heavy (non-hydrogen) atoms. The fourth-order valence-electron chi connectivity index (χ4n) is 1.42. The van der Waals surface area contributed by atoms with E-state index in [1.807, 2.05) is 0 Å². The highest BCUT2D eigenvalue weighted by atomic mass is 79.9. The molecular formula is C9H16Br2O2. The van der Waals surface area contributed by atoms with Crippen LogP contribution in [-0.2, 0) is 4.79 Å². The van der Waals surface area contributed by atoms with Crippen molar-refractivity contribution in [3.63, 3.8) is 0 Å². The molecule has 3 atom stereocenters. The first-order valence-electron chi connectivity index (χ1n) is 4.42. The number of halogens is 2. The Morgan fingerprint density at radius 1 is 1.38 bits per heavy atom. The summed E-state index contributed by atoms with van der Waals surface area (Å²) in [6.07, 6.45) is 0.989. The first kappa shape index (κ1) is 13.4. The van der Waals surface area contributed by atoms with E-state index < -0.39 is 10.8 Å². The fraction of sp³-hybridized carbons (Fsp3) is 0.889. The number of hydrogen-bond donors (Lipinski definition) is 1. The van der Waals surface area contributed by atoms with Gasteiger partial charge in [-0.3, -0.25) is 4.79 Å². The summed E-state index contributed by atoms with van der Waals surface area (Å²) in [6.45, 7) is 6.31. The molecule has 0 aliphatic carbocycles. The van der Waals surface area contributed by atoms with E-state index in [1.165, 1.54) is 0 Å². The molecular weight excluding hydrogens is 300 g/mol. The average molecular weight is 316 g/mol. The second-order valence-corrected chi connectivity index (χ2v) is 5.54. The maximum absolute atomic E-state index is 10.7. The third kappa shape index (κ3) is 3.98. The van der Waals surface area contributed by atoms with Gasteiger partial charge in [0.25, 0.3) is 0 Å². The van der Waals surface area contributed by atoms with Crippen molar-refractivity contribution in [1.29, 1.82) is 0 Å². The lowest BCUT2D eigenvalue weighted by Gasteiger charge is -2.26. The number of carboxylic acid groups (broad SMARTS) is 1. The minimum Gasteiger partial charge on any atom is -0.480 e. The lowest BCUT2D eigenvalue weighted by atomic mass is 9.89. The summed E-state index contributed by atoms with van der Waals surface area (Å²) in [4.78, 5) is 10.2. The van der Waals surface area contributed by atoms with Gasteiger partial charge >= 0.3 is 5.97 Å². The molecule has 0 rings (SSSR count). The van der Waals surface area contributed by atoms with Gasteiger partial charge in [-0.1, -0.05) is 59.1 Å². The Labute approximate surface area is 96.3 Å². The van der Waals surface area contributed by atoms with Crippen LogP contribution in [0.3, 0.4) is 0 Å². The van der Waals surface area contributed by atoms with Crippen molar-refractivity contribution in [1.82, 2.24) is 0 Å². The fourth-order valence-corrected chi connectivity index (χ4v) is 3.02. The van der Waals surface area contributed by atoms with E-state index in [1.54, 1.807) is 0 Å². The Balaban J connectivity index is 4.36. The molecule has 0 saturated carbocycles. The molecule has 0 aromatic heterocycles. The molecule has 78 valence electrons. The molecule has 4 heteroatoms. The molecule has 0 bridgehead atoms. The highest BCUT2D eigenvalue weighted by Gasteiger charge is 2.30. The van der Waals surface area contributed by atoms with Crippen LogP contribution in [0.25, 0.3) is 0 Å². The Bertz CT molecular complexity index is 171. The van der Waals surface area contributed by atoms with Gasteiger partial charge in [0.1, 0.15) is 4.83 Å². The van der Waals surface area contributed by atoms with Crippen LogP contribution < -0.4 is 0 Å². The quantitative estimate of drug-likeness (QED) is 0.791. The monoisotopic (exact) mass is 314 g/mol. The topological polar surface area (TPSA) is 37.3 Å². The third-order valence-corrected chi connectivity index (χ3v) is 5.13. The van der Waals surface area contributed by atoms with Gasteiger partial charge in [-0.2, -0.15) is 0 Å². The molecule has 0 heterocycles. The molecule has 0 aliphatic rings. The summed E-state index contributed by atoms with van der Waals surface area (Å²) < 4.78 is 0. The second kappa shape index (κ2) is 6.02. The zero-order chi connectivity index (χ0) is 10.6. The Morgan fingerprint density at radius 3 is 2.08 bits per heavy atom. The molecule has 3 unspecified atom stereocenters. The van der Waals surface area contributed by atoms with Crippen LogP contribution in [0.1, 0.15) is 27.2 Å². The first-order chi connectivity index (χ1) is 5.91. The molecule has 0 fully saturated rings. The smallest absolute Gasteiger partial charge is 0.318 e. The van der Waals surface area contributed by atoms with Crippen LogP contribution >= 0.6 is 31.9 Å². The highest BCUT2D eigenvalue weighted by molar-refractivity contribution is 9.12. The van der Waals surface area contributed by atoms with Crippen LogP contribution in [0.4, 0.5) is 0 Å². The van der Waals surface area contributed by atoms with Crippen LogP contribution in [0, 0.1) is 11.8 Å². The molecule has 2 nitrogen and oxygen atoms in total. The average Bonchev–Trinajstić information content (AvgIpc) is 2.03. The standard InChI is InChI=1S/C9H16Br2O2/c1-4-6(5(2)3)7(10)8(11)9(12)13/h5-8H,4H2,1-3H3,(H,12,13). The highest BCUT2D eigenvalue weighted by Crippen LogP contribution is 2.30. The maximum Gasteiger partial charge on any atom is 0.318 e. The van der Waals surface area contributed by atoms with Gasteiger partial charge in [-0.05, 0) is 11.8 Å². The summed E-state index contributed by atoms with van der Waals surface area (Å²) >= 11 is 6.61. The van der Waals surface area contributed by atoms with E-state index in [4.69, 9.17) is 5.11 Å². The van der Waals surface area contributed by atoms with Crippen LogP contribution in [0.2, 0.25) is 0 Å². The molecule has 0 aromatic rings. The normalized spacial score (nSPS) is 18.3. The number of carboxylic acids is 1. The number of rotatable bonds is 5. The minimum atomic E-state index is -0.805. The van der Waals surface area contributed by atoms with Gasteiger partial charge in [0, 0.05) is 4.83 Å². The zero-order valence-corrected chi connectivity index (χ0v) is 11.3. The van der Waals surface area contributed by atoms with Gasteiger partial charge in [-0.25, -0.2) is 0 Å². The predicted octanol–water partition coefficient (Wildman–Crippen LogP) is 3.28. The first-order valence-corrected chi connectivity index (χ1v) is 6.25. The van der Waals surface area contributed by atoms with Gasteiger partial charge in [-0.15, -0.1) is 0 Å². The predicted molar refractivity (Wildman–Crippen MR) is 61.7 cm³/mol. The maximum atomic E-state index is 10.7. The van der Waals surface area contributed by atoms with Gasteiger partial charge in [0.05, 0.1) is 0 Å². The Hall–Kier alpha value is 0.430. The number of hydrogen-bond acceptors (Lipinski definition) is 1. The van der Waals surface area contributed by atoms with Crippen molar-refractivity contribution in [2.75, 3.05) is 0 Å². The van der Waals surface area contributed by atoms with Crippen molar-refractivity contribution < 1.29 is 9.90 Å². The van der Waals surface area contributed by atoms with Crippen molar-refractivity contribution in [3.05, 3.63) is 0 Å². The number of carbonyl (C=O) groups is 1. The number of aliphatic carboxylic acids is 1. The van der Waals surface area contributed by atoms with E-state index in [2.05, 4.69) is 52.6 Å². The molecule has 0 radical (unpaired) electrons. The summed E-state index contributed by atoms with van der Waals surface area (Å²) in [5.74, 6) is 0.0789. The van der Waals surface area contributed by atoms with E-state index in [9.17, 15) is 4.79 Å². The van der Waals surface area contributed by atoms with E-state index in [-0.39, 0.29) is 4.83 Å². The summed E-state index contributed by atoms with van der Waals surface area (Å²) in [5, 5.41) is 8.80. The van der Waals surface area contributed by atoms with Crippen molar-refractivity contribution in [2.24, 2.45) is 11.8 Å². The van der Waals surface area contributed by atoms with Crippen molar-refractivity contribution >= 4 is 37.8 Å². The van der Waals surface area contributed by atoms with Crippen molar-refractivity contribution in [2.45, 2.75) is 36.8 Å². The van der Waals surface area contributed by atoms with Crippen molar-refractivity contribution in [3.8, 4) is 0 Å². The lowest BCUT2D eigenvalue weighted by Crippen LogP contribution is -2.32. The third-order valence-electron chi connectivity index (χ3n) is 2.25. The lowest BCUT2D eigenvalue weighted by molar-refractivity contribution is -0.136.